The molecule has 0 atom stereocenters. The third kappa shape index (κ3) is 4.61. The summed E-state index contributed by atoms with van der Waals surface area (Å²) in [7, 11) is -3.74. The zero-order chi connectivity index (χ0) is 23.6. The Morgan fingerprint density at radius 2 is 1.70 bits per heavy atom. The molecule has 3 aromatic rings. The monoisotopic (exact) mass is 471 g/mol. The second-order valence-electron chi connectivity index (χ2n) is 7.56. The Balaban J connectivity index is 1.45. The fourth-order valence-corrected chi connectivity index (χ4v) is 5.24. The van der Waals surface area contributed by atoms with Crippen LogP contribution in [-0.2, 0) is 21.3 Å². The molecule has 1 aliphatic heterocycles. The molecule has 0 unspecified atom stereocenters. The Kier molecular flexibility index (Phi) is 6.45. The molecule has 1 aliphatic rings. The van der Waals surface area contributed by atoms with Crippen LogP contribution < -0.4 is 10.9 Å². The Hall–Kier alpha value is -3.28. The van der Waals surface area contributed by atoms with Crippen molar-refractivity contribution in [3.8, 4) is 0 Å². The van der Waals surface area contributed by atoms with Gasteiger partial charge in [0.2, 0.25) is 10.0 Å². The van der Waals surface area contributed by atoms with Crippen LogP contribution in [0.2, 0.25) is 0 Å². The van der Waals surface area contributed by atoms with Crippen molar-refractivity contribution in [2.45, 2.75) is 25.3 Å². The van der Waals surface area contributed by atoms with E-state index in [0.717, 1.165) is 17.9 Å². The number of morpholine rings is 1. The molecule has 0 radical (unpaired) electrons. The number of hydrogen-bond donors (Lipinski definition) is 2. The quantitative estimate of drug-likeness (QED) is 0.543. The average Bonchev–Trinajstić information content (AvgIpc) is 3.16. The van der Waals surface area contributed by atoms with Crippen LogP contribution >= 0.6 is 0 Å². The molecule has 174 valence electrons. The second kappa shape index (κ2) is 9.30. The van der Waals surface area contributed by atoms with Crippen LogP contribution in [0.5, 0.6) is 0 Å². The maximum Gasteiger partial charge on any atom is 0.269 e. The van der Waals surface area contributed by atoms with Crippen molar-refractivity contribution in [3.05, 3.63) is 59.4 Å². The maximum atomic E-state index is 12.8. The van der Waals surface area contributed by atoms with E-state index in [1.807, 2.05) is 24.5 Å². The average molecular weight is 472 g/mol. The number of aromatic nitrogens is 2. The van der Waals surface area contributed by atoms with E-state index in [1.165, 1.54) is 28.6 Å². The van der Waals surface area contributed by atoms with Crippen molar-refractivity contribution in [3.63, 3.8) is 0 Å². The van der Waals surface area contributed by atoms with Gasteiger partial charge in [-0.05, 0) is 50.2 Å². The van der Waals surface area contributed by atoms with Crippen LogP contribution in [0, 0.1) is 6.92 Å². The zero-order valence-electron chi connectivity index (χ0n) is 18.4. The van der Waals surface area contributed by atoms with Gasteiger partial charge in [-0.1, -0.05) is 6.07 Å². The Morgan fingerprint density at radius 1 is 1.03 bits per heavy atom. The minimum atomic E-state index is -3.74. The molecule has 4 rings (SSSR count). The van der Waals surface area contributed by atoms with E-state index in [-0.39, 0.29) is 23.5 Å². The molecule has 33 heavy (non-hydrogen) atoms. The highest BCUT2D eigenvalue weighted by molar-refractivity contribution is 7.89. The van der Waals surface area contributed by atoms with Crippen molar-refractivity contribution >= 4 is 32.9 Å². The number of fused-ring (bicyclic) bond motifs is 1. The standard InChI is InChI=1S/C22H25N5O5S/c1-3-27-15(2)23-19-14-17(7-8-20(19)27)22(29)25-24-21(28)16-5-4-6-18(13-16)33(30,31)26-9-11-32-12-10-26/h4-8,13-14H,3,9-12H2,1-2H3,(H,24,28)(H,25,29). The lowest BCUT2D eigenvalue weighted by Crippen LogP contribution is -2.42. The molecular formula is C22H25N5O5S. The van der Waals surface area contributed by atoms with Gasteiger partial charge in [-0.2, -0.15) is 4.31 Å². The van der Waals surface area contributed by atoms with Crippen LogP contribution in [0.3, 0.4) is 0 Å². The van der Waals surface area contributed by atoms with Crippen LogP contribution in [0.15, 0.2) is 47.4 Å². The van der Waals surface area contributed by atoms with Gasteiger partial charge in [0.1, 0.15) is 5.82 Å². The first-order valence-corrected chi connectivity index (χ1v) is 12.0. The Labute approximate surface area is 191 Å². The summed E-state index contributed by atoms with van der Waals surface area (Å²) in [6, 6.07) is 10.8. The summed E-state index contributed by atoms with van der Waals surface area (Å²) in [5.41, 5.74) is 6.77. The first-order valence-electron chi connectivity index (χ1n) is 10.6. The summed E-state index contributed by atoms with van der Waals surface area (Å²) in [6.45, 7) is 5.86. The topological polar surface area (TPSA) is 123 Å². The molecule has 2 aromatic carbocycles. The first kappa shape index (κ1) is 22.9. The predicted molar refractivity (Wildman–Crippen MR) is 121 cm³/mol. The van der Waals surface area contributed by atoms with Gasteiger partial charge in [0, 0.05) is 30.8 Å². The van der Waals surface area contributed by atoms with Gasteiger partial charge >= 0.3 is 0 Å². The fraction of sp³-hybridized carbons (Fsp3) is 0.318. The summed E-state index contributed by atoms with van der Waals surface area (Å²) >= 11 is 0. The summed E-state index contributed by atoms with van der Waals surface area (Å²) in [5, 5.41) is 0. The number of hydrogen-bond acceptors (Lipinski definition) is 6. The van der Waals surface area contributed by atoms with E-state index in [2.05, 4.69) is 15.8 Å². The molecule has 0 aliphatic carbocycles. The number of carbonyl (C=O) groups excluding carboxylic acids is 2. The predicted octanol–water partition coefficient (Wildman–Crippen LogP) is 1.46. The molecule has 2 N–H and O–H groups in total. The molecule has 2 heterocycles. The third-order valence-corrected chi connectivity index (χ3v) is 7.41. The zero-order valence-corrected chi connectivity index (χ0v) is 19.2. The number of nitrogens with one attached hydrogen (secondary N) is 2. The third-order valence-electron chi connectivity index (χ3n) is 5.51. The molecule has 0 bridgehead atoms. The Bertz CT molecular complexity index is 1310. The van der Waals surface area contributed by atoms with Crippen molar-refractivity contribution < 1.29 is 22.7 Å². The van der Waals surface area contributed by atoms with E-state index in [1.54, 1.807) is 12.1 Å². The van der Waals surface area contributed by atoms with Gasteiger partial charge in [-0.25, -0.2) is 13.4 Å². The van der Waals surface area contributed by atoms with Gasteiger partial charge in [-0.15, -0.1) is 0 Å². The summed E-state index contributed by atoms with van der Waals surface area (Å²) in [4.78, 5) is 29.6. The minimum absolute atomic E-state index is 0.00992. The summed E-state index contributed by atoms with van der Waals surface area (Å²) in [6.07, 6.45) is 0. The van der Waals surface area contributed by atoms with E-state index in [9.17, 15) is 18.0 Å². The van der Waals surface area contributed by atoms with E-state index in [0.29, 0.717) is 24.3 Å². The normalized spacial score (nSPS) is 14.8. The fourth-order valence-electron chi connectivity index (χ4n) is 3.78. The maximum absolute atomic E-state index is 12.8. The number of amides is 2. The lowest BCUT2D eigenvalue weighted by atomic mass is 10.2. The molecule has 10 nitrogen and oxygen atoms in total. The molecule has 1 fully saturated rings. The Morgan fingerprint density at radius 3 is 2.36 bits per heavy atom. The lowest BCUT2D eigenvalue weighted by Gasteiger charge is -2.26. The number of benzene rings is 2. The van der Waals surface area contributed by atoms with Crippen LogP contribution in [0.1, 0.15) is 33.5 Å². The van der Waals surface area contributed by atoms with Gasteiger partial charge in [0.15, 0.2) is 0 Å². The summed E-state index contributed by atoms with van der Waals surface area (Å²) in [5.74, 6) is -0.286. The number of nitrogens with zero attached hydrogens (tertiary/aromatic N) is 3. The number of rotatable bonds is 5. The van der Waals surface area contributed by atoms with Crippen LogP contribution in [0.4, 0.5) is 0 Å². The van der Waals surface area contributed by atoms with Crippen molar-refractivity contribution in [1.82, 2.24) is 24.7 Å². The molecule has 0 spiro atoms. The van der Waals surface area contributed by atoms with Crippen molar-refractivity contribution in [2.24, 2.45) is 0 Å². The lowest BCUT2D eigenvalue weighted by molar-refractivity contribution is 0.0730. The van der Waals surface area contributed by atoms with Crippen molar-refractivity contribution in [2.75, 3.05) is 26.3 Å². The van der Waals surface area contributed by atoms with E-state index in [4.69, 9.17) is 4.74 Å². The van der Waals surface area contributed by atoms with Gasteiger partial charge in [-0.3, -0.25) is 20.4 Å². The first-order chi connectivity index (χ1) is 15.8. The smallest absolute Gasteiger partial charge is 0.269 e. The highest BCUT2D eigenvalue weighted by atomic mass is 32.2. The largest absolute Gasteiger partial charge is 0.379 e. The van der Waals surface area contributed by atoms with Crippen LogP contribution in [-0.4, -0.2) is 60.4 Å². The number of carbonyl (C=O) groups is 2. The SMILES string of the molecule is CCn1c(C)nc2cc(C(=O)NNC(=O)c3cccc(S(=O)(=O)N4CCOCC4)c3)ccc21. The highest BCUT2D eigenvalue weighted by Gasteiger charge is 2.27. The molecule has 11 heteroatoms. The van der Waals surface area contributed by atoms with Crippen molar-refractivity contribution in [1.29, 1.82) is 0 Å². The van der Waals surface area contributed by atoms with E-state index >= 15 is 0 Å². The number of imidazole rings is 1. The molecule has 1 saturated heterocycles. The molecule has 1 aromatic heterocycles. The minimum Gasteiger partial charge on any atom is -0.379 e. The highest BCUT2D eigenvalue weighted by Crippen LogP contribution is 2.19. The summed E-state index contributed by atoms with van der Waals surface area (Å²) < 4.78 is 34.2. The van der Waals surface area contributed by atoms with Crippen LogP contribution in [0.25, 0.3) is 11.0 Å². The van der Waals surface area contributed by atoms with Gasteiger partial charge in [0.05, 0.1) is 29.1 Å². The molecule has 0 saturated carbocycles. The number of aryl methyl sites for hydroxylation is 2. The van der Waals surface area contributed by atoms with Gasteiger partial charge < -0.3 is 9.30 Å². The van der Waals surface area contributed by atoms with E-state index < -0.39 is 21.8 Å². The molecular weight excluding hydrogens is 446 g/mol. The molecule has 2 amide bonds. The number of ether oxygens (including phenoxy) is 1. The number of sulfonamides is 1. The number of hydrazine groups is 1. The van der Waals surface area contributed by atoms with Gasteiger partial charge in [0.25, 0.3) is 11.8 Å². The second-order valence-corrected chi connectivity index (χ2v) is 9.50.